The summed E-state index contributed by atoms with van der Waals surface area (Å²) in [6.07, 6.45) is 7.31. The molecule has 1 aliphatic rings. The molecule has 0 aliphatic heterocycles. The van der Waals surface area contributed by atoms with Crippen molar-refractivity contribution in [1.29, 1.82) is 0 Å². The lowest BCUT2D eigenvalue weighted by atomic mass is 10.2. The highest BCUT2D eigenvalue weighted by atomic mass is 16.3. The fourth-order valence-corrected chi connectivity index (χ4v) is 1.93. The molecule has 0 atom stereocenters. The molecule has 0 spiro atoms. The standard InChI is InChI=1S/C12H18N2O/c1-2-7-14(11-3-4-11)12-8-13-6-5-10(12)9-15/h5-6,8,11,15H,2-4,7,9H2,1H3. The summed E-state index contributed by atoms with van der Waals surface area (Å²) in [4.78, 5) is 6.54. The monoisotopic (exact) mass is 206 g/mol. The number of hydrogen-bond donors (Lipinski definition) is 1. The van der Waals surface area contributed by atoms with Crippen molar-refractivity contribution in [2.75, 3.05) is 11.4 Å². The summed E-state index contributed by atoms with van der Waals surface area (Å²) in [5.74, 6) is 0. The van der Waals surface area contributed by atoms with Gasteiger partial charge in [-0.05, 0) is 25.3 Å². The Morgan fingerprint density at radius 2 is 2.33 bits per heavy atom. The maximum atomic E-state index is 9.28. The van der Waals surface area contributed by atoms with Gasteiger partial charge in [0.2, 0.25) is 0 Å². The van der Waals surface area contributed by atoms with E-state index in [-0.39, 0.29) is 6.61 Å². The topological polar surface area (TPSA) is 36.4 Å². The van der Waals surface area contributed by atoms with E-state index in [9.17, 15) is 5.11 Å². The van der Waals surface area contributed by atoms with Crippen molar-refractivity contribution < 1.29 is 5.11 Å². The van der Waals surface area contributed by atoms with Crippen LogP contribution in [0.2, 0.25) is 0 Å². The molecule has 2 rings (SSSR count). The quantitative estimate of drug-likeness (QED) is 0.800. The molecule has 82 valence electrons. The van der Waals surface area contributed by atoms with E-state index in [0.29, 0.717) is 6.04 Å². The zero-order valence-electron chi connectivity index (χ0n) is 9.19. The van der Waals surface area contributed by atoms with Crippen LogP contribution in [0.1, 0.15) is 31.7 Å². The number of aromatic nitrogens is 1. The number of rotatable bonds is 5. The molecule has 1 fully saturated rings. The largest absolute Gasteiger partial charge is 0.392 e. The first-order chi connectivity index (χ1) is 7.36. The Balaban J connectivity index is 2.23. The summed E-state index contributed by atoms with van der Waals surface area (Å²) >= 11 is 0. The van der Waals surface area contributed by atoms with Crippen LogP contribution in [0.15, 0.2) is 18.5 Å². The molecular weight excluding hydrogens is 188 g/mol. The second kappa shape index (κ2) is 4.62. The van der Waals surface area contributed by atoms with Gasteiger partial charge in [0.05, 0.1) is 18.5 Å². The first-order valence-corrected chi connectivity index (χ1v) is 5.67. The predicted molar refractivity (Wildman–Crippen MR) is 60.8 cm³/mol. The van der Waals surface area contributed by atoms with Gasteiger partial charge >= 0.3 is 0 Å². The molecule has 0 unspecified atom stereocenters. The van der Waals surface area contributed by atoms with E-state index in [4.69, 9.17) is 0 Å². The maximum Gasteiger partial charge on any atom is 0.0703 e. The molecule has 0 bridgehead atoms. The predicted octanol–water partition coefficient (Wildman–Crippen LogP) is 1.95. The van der Waals surface area contributed by atoms with Gasteiger partial charge in [-0.15, -0.1) is 0 Å². The van der Waals surface area contributed by atoms with Gasteiger partial charge in [-0.1, -0.05) is 6.92 Å². The Bertz CT molecular complexity index is 323. The SMILES string of the molecule is CCCN(c1cnccc1CO)C1CC1. The second-order valence-corrected chi connectivity index (χ2v) is 4.09. The highest BCUT2D eigenvalue weighted by Crippen LogP contribution is 2.33. The molecule has 0 amide bonds. The van der Waals surface area contributed by atoms with Gasteiger partial charge in [0.1, 0.15) is 0 Å². The minimum atomic E-state index is 0.102. The van der Waals surface area contributed by atoms with Crippen LogP contribution in [-0.2, 0) is 6.61 Å². The molecule has 1 aromatic heterocycles. The summed E-state index contributed by atoms with van der Waals surface area (Å²) < 4.78 is 0. The summed E-state index contributed by atoms with van der Waals surface area (Å²) in [6, 6.07) is 2.58. The molecule has 1 aliphatic carbocycles. The van der Waals surface area contributed by atoms with Crippen LogP contribution in [0.3, 0.4) is 0 Å². The van der Waals surface area contributed by atoms with Crippen LogP contribution in [0.25, 0.3) is 0 Å². The van der Waals surface area contributed by atoms with Crippen molar-refractivity contribution in [1.82, 2.24) is 4.98 Å². The van der Waals surface area contributed by atoms with Crippen molar-refractivity contribution >= 4 is 5.69 Å². The third-order valence-electron chi connectivity index (χ3n) is 2.82. The summed E-state index contributed by atoms with van der Waals surface area (Å²) in [5.41, 5.74) is 2.11. The zero-order valence-corrected chi connectivity index (χ0v) is 9.19. The van der Waals surface area contributed by atoms with Gasteiger partial charge in [-0.3, -0.25) is 4.98 Å². The van der Waals surface area contributed by atoms with Crippen LogP contribution < -0.4 is 4.90 Å². The third kappa shape index (κ3) is 2.29. The fraction of sp³-hybridized carbons (Fsp3) is 0.583. The van der Waals surface area contributed by atoms with E-state index in [1.807, 2.05) is 12.3 Å². The molecule has 0 radical (unpaired) electrons. The molecule has 0 aromatic carbocycles. The lowest BCUT2D eigenvalue weighted by Crippen LogP contribution is -2.27. The Kier molecular flexibility index (Phi) is 3.21. The summed E-state index contributed by atoms with van der Waals surface area (Å²) in [5, 5.41) is 9.28. The van der Waals surface area contributed by atoms with Crippen LogP contribution in [-0.4, -0.2) is 22.7 Å². The Labute approximate surface area is 90.8 Å². The normalized spacial score (nSPS) is 15.3. The maximum absolute atomic E-state index is 9.28. The van der Waals surface area contributed by atoms with Crippen molar-refractivity contribution in [3.8, 4) is 0 Å². The van der Waals surface area contributed by atoms with Gasteiger partial charge in [0.25, 0.3) is 0 Å². The Morgan fingerprint density at radius 1 is 1.53 bits per heavy atom. The van der Waals surface area contributed by atoms with E-state index in [1.165, 1.54) is 12.8 Å². The number of aliphatic hydroxyl groups is 1. The van der Waals surface area contributed by atoms with Gasteiger partial charge in [0, 0.05) is 24.3 Å². The van der Waals surface area contributed by atoms with Crippen molar-refractivity contribution in [2.45, 2.75) is 38.8 Å². The van der Waals surface area contributed by atoms with E-state index in [0.717, 1.165) is 24.2 Å². The Hall–Kier alpha value is -1.09. The average Bonchev–Trinajstić information content (AvgIpc) is 3.10. The molecule has 3 heteroatoms. The molecule has 1 heterocycles. The number of aliphatic hydroxyl groups excluding tert-OH is 1. The molecule has 3 nitrogen and oxygen atoms in total. The highest BCUT2D eigenvalue weighted by Gasteiger charge is 2.29. The van der Waals surface area contributed by atoms with Crippen LogP contribution in [0.5, 0.6) is 0 Å². The third-order valence-corrected chi connectivity index (χ3v) is 2.82. The van der Waals surface area contributed by atoms with Crippen LogP contribution in [0, 0.1) is 0 Å². The smallest absolute Gasteiger partial charge is 0.0703 e. The lowest BCUT2D eigenvalue weighted by molar-refractivity contribution is 0.282. The van der Waals surface area contributed by atoms with E-state index in [2.05, 4.69) is 16.8 Å². The summed E-state index contributed by atoms with van der Waals surface area (Å²) in [7, 11) is 0. The molecule has 1 saturated carbocycles. The number of pyridine rings is 1. The average molecular weight is 206 g/mol. The van der Waals surface area contributed by atoms with E-state index in [1.54, 1.807) is 6.20 Å². The van der Waals surface area contributed by atoms with Crippen LogP contribution >= 0.6 is 0 Å². The van der Waals surface area contributed by atoms with Gasteiger partial charge in [-0.25, -0.2) is 0 Å². The number of hydrogen-bond acceptors (Lipinski definition) is 3. The van der Waals surface area contributed by atoms with Crippen molar-refractivity contribution in [3.05, 3.63) is 24.0 Å². The second-order valence-electron chi connectivity index (χ2n) is 4.09. The summed E-state index contributed by atoms with van der Waals surface area (Å²) in [6.45, 7) is 3.35. The lowest BCUT2D eigenvalue weighted by Gasteiger charge is -2.25. The molecule has 1 aromatic rings. The van der Waals surface area contributed by atoms with E-state index < -0.39 is 0 Å². The van der Waals surface area contributed by atoms with Crippen LogP contribution in [0.4, 0.5) is 5.69 Å². The molecule has 0 saturated heterocycles. The first-order valence-electron chi connectivity index (χ1n) is 5.67. The fourth-order valence-electron chi connectivity index (χ4n) is 1.93. The number of nitrogens with zero attached hydrogens (tertiary/aromatic N) is 2. The minimum absolute atomic E-state index is 0.102. The molecule has 1 N–H and O–H groups in total. The minimum Gasteiger partial charge on any atom is -0.392 e. The van der Waals surface area contributed by atoms with Gasteiger partial charge in [0.15, 0.2) is 0 Å². The van der Waals surface area contributed by atoms with Crippen molar-refractivity contribution in [2.24, 2.45) is 0 Å². The highest BCUT2D eigenvalue weighted by molar-refractivity contribution is 5.53. The zero-order chi connectivity index (χ0) is 10.7. The Morgan fingerprint density at radius 3 is 2.93 bits per heavy atom. The first kappa shape index (κ1) is 10.4. The number of anilines is 1. The van der Waals surface area contributed by atoms with Crippen molar-refractivity contribution in [3.63, 3.8) is 0 Å². The van der Waals surface area contributed by atoms with Gasteiger partial charge < -0.3 is 10.0 Å². The molecule has 15 heavy (non-hydrogen) atoms. The van der Waals surface area contributed by atoms with E-state index >= 15 is 0 Å². The molecular formula is C12H18N2O. The van der Waals surface area contributed by atoms with Gasteiger partial charge in [-0.2, -0.15) is 0 Å².